The van der Waals surface area contributed by atoms with Gasteiger partial charge in [-0.05, 0) is 102 Å². The van der Waals surface area contributed by atoms with E-state index in [4.69, 9.17) is 14.5 Å². The zero-order chi connectivity index (χ0) is 51.3. The Morgan fingerprint density at radius 3 is 1.50 bits per heavy atom. The molecule has 3 N–H and O–H groups in total. The van der Waals surface area contributed by atoms with Crippen LogP contribution in [0.4, 0.5) is 18.4 Å². The summed E-state index contributed by atoms with van der Waals surface area (Å²) in [6.07, 6.45) is -0.938. The lowest BCUT2D eigenvalue weighted by Crippen LogP contribution is -2.43. The van der Waals surface area contributed by atoms with Crippen LogP contribution in [0.2, 0.25) is 0 Å². The SMILES string of the molecule is CC(C)(C)OC(=O)N1C[C@H](O)CC1C1=NC(=O)[C@](C)(c2ccc(-c3ccccc3F)cc2)C1.CC(C)(C)OC(=O)N1C[C@H](O)CC1C1=NC(=O)[C@](C)(c2ccc(Br)cc2)C1.O[B]Oc1ccccc1F. The van der Waals surface area contributed by atoms with E-state index in [-0.39, 0.29) is 36.5 Å². The van der Waals surface area contributed by atoms with Crippen molar-refractivity contribution in [2.75, 3.05) is 13.1 Å². The number of hydrogen-bond donors (Lipinski definition) is 3. The van der Waals surface area contributed by atoms with Gasteiger partial charge in [0.2, 0.25) is 0 Å². The van der Waals surface area contributed by atoms with Gasteiger partial charge in [-0.15, -0.1) is 0 Å². The first-order valence-electron chi connectivity index (χ1n) is 22.9. The lowest BCUT2D eigenvalue weighted by molar-refractivity contribution is -0.122. The zero-order valence-electron chi connectivity index (χ0n) is 40.5. The maximum Gasteiger partial charge on any atom is 0.569 e. The number of benzene rings is 4. The number of aliphatic imine (C=N–C) groups is 2. The van der Waals surface area contributed by atoms with Crippen LogP contribution >= 0.6 is 15.9 Å². The van der Waals surface area contributed by atoms with Crippen LogP contribution in [0.5, 0.6) is 5.75 Å². The predicted octanol–water partition coefficient (Wildman–Crippen LogP) is 8.67. The summed E-state index contributed by atoms with van der Waals surface area (Å²) in [6, 6.07) is 26.3. The minimum Gasteiger partial charge on any atom is -0.535 e. The van der Waals surface area contributed by atoms with Gasteiger partial charge in [-0.25, -0.2) is 28.4 Å². The Bertz CT molecular complexity index is 2620. The number of carbonyl (C=O) groups excluding carboxylic acids is 4. The molecule has 0 bridgehead atoms. The summed E-state index contributed by atoms with van der Waals surface area (Å²) in [5.74, 6) is -1.29. The maximum absolute atomic E-state index is 14.1. The lowest BCUT2D eigenvalue weighted by atomic mass is 9.78. The van der Waals surface area contributed by atoms with Crippen molar-refractivity contribution in [1.29, 1.82) is 0 Å². The molecule has 6 atom stereocenters. The van der Waals surface area contributed by atoms with Crippen LogP contribution in [0.25, 0.3) is 11.1 Å². The number of rotatable bonds is 7. The predicted molar refractivity (Wildman–Crippen MR) is 265 cm³/mol. The Hall–Kier alpha value is -5.82. The van der Waals surface area contributed by atoms with Crippen LogP contribution in [0.1, 0.15) is 92.2 Å². The van der Waals surface area contributed by atoms with E-state index in [0.29, 0.717) is 50.4 Å². The molecule has 1 radical (unpaired) electrons. The summed E-state index contributed by atoms with van der Waals surface area (Å²) in [6.45, 7) is 14.8. The standard InChI is InChI=1S/C26H29FN2O4.C20H25BrN2O4.C6H5BFO2/c1-25(2,3)33-24(32)29-15-18(30)13-22(29)21-14-26(4,23(31)28-21)17-11-9-16(10-12-17)19-7-5-6-8-20(19)27;1-19(2,3)27-18(26)23-11-14(24)9-16(23)15-10-20(4,17(25)22-15)12-5-7-13(21)8-6-12;8-5-3-1-2-4-6(5)10-7-9/h5-12,18,22,30H,13-15H2,1-4H3;5-8,14,16,24H,9-11H2,1-4H3;1-4,9H/t18-,22?,26+;14-,16?,20+;/m11./s1. The van der Waals surface area contributed by atoms with Crippen molar-refractivity contribution in [1.82, 2.24) is 9.80 Å². The van der Waals surface area contributed by atoms with Gasteiger partial charge in [-0.2, -0.15) is 0 Å². The zero-order valence-corrected chi connectivity index (χ0v) is 42.1. The molecule has 2 unspecified atom stereocenters. The summed E-state index contributed by atoms with van der Waals surface area (Å²) in [5, 5.41) is 28.5. The number of carbonyl (C=O) groups is 4. The maximum atomic E-state index is 14.1. The van der Waals surface area contributed by atoms with Gasteiger partial charge in [-0.1, -0.05) is 82.7 Å². The van der Waals surface area contributed by atoms with E-state index in [9.17, 15) is 38.2 Å². The van der Waals surface area contributed by atoms with Crippen molar-refractivity contribution in [3.63, 3.8) is 0 Å². The van der Waals surface area contributed by atoms with E-state index in [0.717, 1.165) is 21.2 Å². The molecule has 4 aromatic rings. The first kappa shape index (κ1) is 53.5. The molecular weight excluding hydrogens is 969 g/mol. The van der Waals surface area contributed by atoms with E-state index < -0.39 is 64.3 Å². The van der Waals surface area contributed by atoms with E-state index >= 15 is 0 Å². The molecule has 4 amide bonds. The number of nitrogens with zero attached hydrogens (tertiary/aromatic N) is 4. The first-order valence-corrected chi connectivity index (χ1v) is 23.7. The number of β-amino-alcohol motifs (C(OH)–C–C–N with tert-alkyl or cyclic N) is 2. The van der Waals surface area contributed by atoms with Gasteiger partial charge in [0.15, 0.2) is 5.82 Å². The highest BCUT2D eigenvalue weighted by Gasteiger charge is 2.49. The number of ether oxygens (including phenoxy) is 2. The topological polar surface area (TPSA) is 188 Å². The minimum atomic E-state index is -0.893. The van der Waals surface area contributed by atoms with Crippen molar-refractivity contribution in [2.45, 2.75) is 127 Å². The molecule has 2 fully saturated rings. The number of aliphatic hydroxyl groups excluding tert-OH is 2. The van der Waals surface area contributed by atoms with Crippen LogP contribution in [-0.4, -0.2) is 117 Å². The fraction of sp³-hybridized carbons (Fsp3) is 0.423. The average molecular weight is 1030 g/mol. The van der Waals surface area contributed by atoms with Crippen LogP contribution in [0.15, 0.2) is 112 Å². The Kier molecular flexibility index (Phi) is 16.6. The molecule has 70 heavy (non-hydrogen) atoms. The molecule has 14 nitrogen and oxygen atoms in total. The highest BCUT2D eigenvalue weighted by molar-refractivity contribution is 9.10. The van der Waals surface area contributed by atoms with Crippen molar-refractivity contribution >= 4 is 59.0 Å². The summed E-state index contributed by atoms with van der Waals surface area (Å²) in [4.78, 5) is 62.6. The fourth-order valence-corrected chi connectivity index (χ4v) is 8.99. The van der Waals surface area contributed by atoms with Crippen molar-refractivity contribution in [3.8, 4) is 16.9 Å². The molecule has 2 saturated heterocycles. The quantitative estimate of drug-likeness (QED) is 0.151. The van der Waals surface area contributed by atoms with Crippen molar-refractivity contribution < 1.29 is 57.3 Å². The number of hydrogen-bond acceptors (Lipinski definition) is 10. The smallest absolute Gasteiger partial charge is 0.535 e. The van der Waals surface area contributed by atoms with Gasteiger partial charge in [-0.3, -0.25) is 19.4 Å². The van der Waals surface area contributed by atoms with Gasteiger partial charge in [0.1, 0.15) is 22.8 Å². The van der Waals surface area contributed by atoms with E-state index in [2.05, 4.69) is 30.6 Å². The second-order valence-electron chi connectivity index (χ2n) is 20.1. The lowest BCUT2D eigenvalue weighted by Gasteiger charge is -2.29. The molecule has 4 aromatic carbocycles. The summed E-state index contributed by atoms with van der Waals surface area (Å²) in [5.41, 5.74) is 1.13. The molecular formula is C52H59BBrF2N4O10. The molecule has 18 heteroatoms. The minimum absolute atomic E-state index is 0.0185. The number of para-hydroxylation sites is 1. The van der Waals surface area contributed by atoms with E-state index in [1.54, 1.807) is 84.0 Å². The average Bonchev–Trinajstić information content (AvgIpc) is 4.04. The monoisotopic (exact) mass is 1030 g/mol. The van der Waals surface area contributed by atoms with Crippen LogP contribution in [-0.2, 0) is 29.9 Å². The van der Waals surface area contributed by atoms with Gasteiger partial charge in [0.25, 0.3) is 11.8 Å². The van der Waals surface area contributed by atoms with Gasteiger partial charge < -0.3 is 29.4 Å². The molecule has 0 aliphatic carbocycles. The molecule has 0 spiro atoms. The number of amides is 4. The Balaban J connectivity index is 0.000000194. The molecule has 4 heterocycles. The van der Waals surface area contributed by atoms with Crippen molar-refractivity contribution in [2.24, 2.45) is 9.98 Å². The number of likely N-dealkylation sites (tertiary alicyclic amines) is 2. The highest BCUT2D eigenvalue weighted by atomic mass is 79.9. The van der Waals surface area contributed by atoms with Crippen LogP contribution < -0.4 is 4.65 Å². The Labute approximate surface area is 416 Å². The Morgan fingerprint density at radius 1 is 0.671 bits per heavy atom. The second kappa shape index (κ2) is 21.7. The molecule has 4 aliphatic heterocycles. The number of halogens is 3. The molecule has 4 aliphatic rings. The number of aliphatic hydroxyl groups is 2. The van der Waals surface area contributed by atoms with Gasteiger partial charge in [0.05, 0.1) is 48.2 Å². The Morgan fingerprint density at radius 2 is 1.09 bits per heavy atom. The van der Waals surface area contributed by atoms with Gasteiger partial charge >= 0.3 is 19.9 Å². The fourth-order valence-electron chi connectivity index (χ4n) is 8.73. The van der Waals surface area contributed by atoms with E-state index in [1.807, 2.05) is 50.2 Å². The third kappa shape index (κ3) is 12.7. The van der Waals surface area contributed by atoms with E-state index in [1.165, 1.54) is 28.0 Å². The largest absolute Gasteiger partial charge is 0.569 e. The molecule has 371 valence electrons. The third-order valence-corrected chi connectivity index (χ3v) is 12.8. The second-order valence-corrected chi connectivity index (χ2v) is 21.0. The summed E-state index contributed by atoms with van der Waals surface area (Å²) < 4.78 is 43.0. The first-order chi connectivity index (χ1) is 32.8. The van der Waals surface area contributed by atoms with Crippen molar-refractivity contribution in [3.05, 3.63) is 124 Å². The normalized spacial score (nSPS) is 24.2. The highest BCUT2D eigenvalue weighted by Crippen LogP contribution is 2.40. The summed E-state index contributed by atoms with van der Waals surface area (Å²) in [7, 11) is 0.443. The summed E-state index contributed by atoms with van der Waals surface area (Å²) >= 11 is 3.41. The molecule has 0 aromatic heterocycles. The molecule has 8 rings (SSSR count). The third-order valence-electron chi connectivity index (χ3n) is 12.3. The van der Waals surface area contributed by atoms with Gasteiger partial charge in [0, 0.05) is 47.1 Å². The van der Waals surface area contributed by atoms with Crippen LogP contribution in [0.3, 0.4) is 0 Å². The molecule has 0 saturated carbocycles. The van der Waals surface area contributed by atoms with Crippen LogP contribution in [0, 0.1) is 11.6 Å².